The predicted molar refractivity (Wildman–Crippen MR) is 283 cm³/mol. The van der Waals surface area contributed by atoms with Crippen LogP contribution in [0.3, 0.4) is 0 Å². The third-order valence-electron chi connectivity index (χ3n) is 13.6. The number of para-hydroxylation sites is 6. The second-order valence-corrected chi connectivity index (χ2v) is 17.5. The van der Waals surface area contributed by atoms with Crippen LogP contribution in [-0.2, 0) is 0 Å². The Hall–Kier alpha value is -9.39. The molecule has 0 radical (unpaired) electrons. The first-order chi connectivity index (χ1) is 34.2. The summed E-state index contributed by atoms with van der Waals surface area (Å²) in [4.78, 5) is 16.3. The van der Waals surface area contributed by atoms with Gasteiger partial charge in [-0.15, -0.1) is 0 Å². The number of fused-ring (bicyclic) bond motifs is 9. The van der Waals surface area contributed by atoms with Gasteiger partial charge in [0.2, 0.25) is 0 Å². The molecule has 0 aliphatic heterocycles. The van der Waals surface area contributed by atoms with E-state index < -0.39 is 0 Å². The summed E-state index contributed by atoms with van der Waals surface area (Å²) >= 11 is 0. The molecule has 6 heteroatoms. The van der Waals surface area contributed by atoms with Crippen molar-refractivity contribution in [3.05, 3.63) is 237 Å². The van der Waals surface area contributed by atoms with Crippen molar-refractivity contribution in [2.24, 2.45) is 0 Å². The average Bonchev–Trinajstić information content (AvgIpc) is 4.09. The molecule has 0 atom stereocenters. The van der Waals surface area contributed by atoms with Gasteiger partial charge in [0.05, 0.1) is 27.6 Å². The Kier molecular flexibility index (Phi) is 8.79. The minimum Gasteiger partial charge on any atom is -0.455 e. The fourth-order valence-electron chi connectivity index (χ4n) is 10.5. The molecule has 0 fully saturated rings. The van der Waals surface area contributed by atoms with Crippen LogP contribution in [0.1, 0.15) is 0 Å². The van der Waals surface area contributed by atoms with Crippen LogP contribution in [0.25, 0.3) is 133 Å². The summed E-state index contributed by atoms with van der Waals surface area (Å²) in [6.45, 7) is 0. The van der Waals surface area contributed by atoms with Gasteiger partial charge < -0.3 is 13.6 Å². The van der Waals surface area contributed by atoms with Crippen molar-refractivity contribution in [3.63, 3.8) is 0 Å². The van der Waals surface area contributed by atoms with E-state index in [-0.39, 0.29) is 0 Å². The number of aromatic nitrogens is 5. The zero-order valence-electron chi connectivity index (χ0n) is 37.2. The SMILES string of the molecule is c1ccc(-c2cccc(-c3cccc4c3oc3c(-c5nc(-c6ccccc6)nc(-c6cccc7c8ccccc8n(-c8ccccc8)c67)n5)cc(-n5c6ccccc6c6ccccc65)cc34)c2)cc1. The number of furan rings is 1. The first-order valence-corrected chi connectivity index (χ1v) is 23.3. The average molecular weight is 882 g/mol. The van der Waals surface area contributed by atoms with Crippen molar-refractivity contribution < 1.29 is 4.42 Å². The minimum absolute atomic E-state index is 0.512. The number of hydrogen-bond donors (Lipinski definition) is 0. The Morgan fingerprint density at radius 3 is 1.45 bits per heavy atom. The fourth-order valence-corrected chi connectivity index (χ4v) is 10.5. The Labute approximate surface area is 396 Å². The van der Waals surface area contributed by atoms with Crippen molar-refractivity contribution in [1.82, 2.24) is 24.1 Å². The number of benzene rings is 10. The van der Waals surface area contributed by atoms with Gasteiger partial charge in [-0.3, -0.25) is 0 Å². The molecule has 0 spiro atoms. The highest BCUT2D eigenvalue weighted by Gasteiger charge is 2.25. The molecule has 0 amide bonds. The van der Waals surface area contributed by atoms with Gasteiger partial charge in [0.1, 0.15) is 11.2 Å². The Bertz CT molecular complexity index is 4250. The van der Waals surface area contributed by atoms with Gasteiger partial charge in [0.25, 0.3) is 0 Å². The lowest BCUT2D eigenvalue weighted by Gasteiger charge is -2.14. The van der Waals surface area contributed by atoms with Gasteiger partial charge in [-0.2, -0.15) is 0 Å². The maximum absolute atomic E-state index is 7.28. The normalized spacial score (nSPS) is 11.8. The minimum atomic E-state index is 0.512. The van der Waals surface area contributed by atoms with Crippen molar-refractivity contribution in [3.8, 4) is 67.8 Å². The summed E-state index contributed by atoms with van der Waals surface area (Å²) in [6, 6.07) is 83.2. The van der Waals surface area contributed by atoms with E-state index in [9.17, 15) is 0 Å². The third kappa shape index (κ3) is 6.23. The second kappa shape index (κ2) is 15.6. The highest BCUT2D eigenvalue weighted by molar-refractivity contribution is 6.16. The summed E-state index contributed by atoms with van der Waals surface area (Å²) in [5.41, 5.74) is 14.8. The molecule has 14 rings (SSSR count). The fraction of sp³-hybridized carbons (Fsp3) is 0. The van der Waals surface area contributed by atoms with Gasteiger partial charge in [0.15, 0.2) is 17.5 Å². The largest absolute Gasteiger partial charge is 0.455 e. The molecule has 322 valence electrons. The summed E-state index contributed by atoms with van der Waals surface area (Å²) in [7, 11) is 0. The van der Waals surface area contributed by atoms with E-state index in [0.717, 1.165) is 99.5 Å². The third-order valence-corrected chi connectivity index (χ3v) is 13.6. The van der Waals surface area contributed by atoms with Crippen molar-refractivity contribution in [2.75, 3.05) is 0 Å². The highest BCUT2D eigenvalue weighted by Crippen LogP contribution is 2.44. The van der Waals surface area contributed by atoms with E-state index >= 15 is 0 Å². The highest BCUT2D eigenvalue weighted by atomic mass is 16.3. The monoisotopic (exact) mass is 881 g/mol. The maximum atomic E-state index is 7.28. The first kappa shape index (κ1) is 38.8. The van der Waals surface area contributed by atoms with Gasteiger partial charge in [-0.05, 0) is 71.3 Å². The van der Waals surface area contributed by atoms with Crippen molar-refractivity contribution >= 4 is 65.6 Å². The van der Waals surface area contributed by atoms with Crippen LogP contribution in [0.2, 0.25) is 0 Å². The molecule has 0 aliphatic carbocycles. The Balaban J connectivity index is 1.08. The van der Waals surface area contributed by atoms with E-state index in [1.807, 2.05) is 18.2 Å². The molecule has 14 aromatic rings. The molecule has 6 nitrogen and oxygen atoms in total. The molecule has 0 saturated heterocycles. The van der Waals surface area contributed by atoms with E-state index in [2.05, 4.69) is 228 Å². The summed E-state index contributed by atoms with van der Waals surface area (Å²) in [6.07, 6.45) is 0. The number of rotatable bonds is 7. The lowest BCUT2D eigenvalue weighted by atomic mass is 9.97. The van der Waals surface area contributed by atoms with Crippen LogP contribution in [0.5, 0.6) is 0 Å². The van der Waals surface area contributed by atoms with E-state index in [1.165, 1.54) is 10.8 Å². The summed E-state index contributed by atoms with van der Waals surface area (Å²) < 4.78 is 12.0. The van der Waals surface area contributed by atoms with Gasteiger partial charge >= 0.3 is 0 Å². The molecule has 4 aromatic heterocycles. The topological polar surface area (TPSA) is 61.7 Å². The molecular weight excluding hydrogens is 843 g/mol. The predicted octanol–water partition coefficient (Wildman–Crippen LogP) is 16.3. The molecule has 10 aromatic carbocycles. The van der Waals surface area contributed by atoms with Crippen LogP contribution in [0.4, 0.5) is 0 Å². The molecule has 0 bridgehead atoms. The van der Waals surface area contributed by atoms with E-state index in [1.54, 1.807) is 0 Å². The van der Waals surface area contributed by atoms with Crippen LogP contribution in [0, 0.1) is 0 Å². The van der Waals surface area contributed by atoms with E-state index in [0.29, 0.717) is 23.1 Å². The first-order valence-electron chi connectivity index (χ1n) is 23.3. The lowest BCUT2D eigenvalue weighted by Crippen LogP contribution is -2.03. The Morgan fingerprint density at radius 1 is 0.275 bits per heavy atom. The molecule has 0 aliphatic rings. The standard InChI is InChI=1S/C63H39N5O/c1-4-19-40(20-5-1)42-23-16-24-43(37-42)46-30-17-32-51-53-38-45(67-55-34-13-10-27-47(55)48-28-11-14-35-56(48)67)39-54(60(53)69-59(46)51)63-65-61(41-21-6-2-7-22-41)64-62(66-63)52-33-18-31-50-49-29-12-15-36-57(49)68(58(50)52)44-25-8-3-9-26-44/h1-39H. The number of hydrogen-bond acceptors (Lipinski definition) is 4. The van der Waals surface area contributed by atoms with Crippen molar-refractivity contribution in [2.45, 2.75) is 0 Å². The molecule has 0 saturated carbocycles. The second-order valence-electron chi connectivity index (χ2n) is 17.5. The van der Waals surface area contributed by atoms with E-state index in [4.69, 9.17) is 19.4 Å². The maximum Gasteiger partial charge on any atom is 0.167 e. The molecule has 0 unspecified atom stereocenters. The van der Waals surface area contributed by atoms with Crippen LogP contribution < -0.4 is 0 Å². The van der Waals surface area contributed by atoms with Gasteiger partial charge in [-0.1, -0.05) is 182 Å². The van der Waals surface area contributed by atoms with Crippen LogP contribution >= 0.6 is 0 Å². The molecular formula is C63H39N5O. The molecule has 4 heterocycles. The Morgan fingerprint density at radius 2 is 0.754 bits per heavy atom. The van der Waals surface area contributed by atoms with Crippen LogP contribution in [-0.4, -0.2) is 24.1 Å². The van der Waals surface area contributed by atoms with Crippen LogP contribution in [0.15, 0.2) is 241 Å². The zero-order valence-corrected chi connectivity index (χ0v) is 37.2. The van der Waals surface area contributed by atoms with Crippen molar-refractivity contribution in [1.29, 1.82) is 0 Å². The lowest BCUT2D eigenvalue weighted by molar-refractivity contribution is 0.670. The molecule has 69 heavy (non-hydrogen) atoms. The zero-order chi connectivity index (χ0) is 45.4. The summed E-state index contributed by atoms with van der Waals surface area (Å²) in [5, 5.41) is 6.61. The number of nitrogens with zero attached hydrogens (tertiary/aromatic N) is 5. The summed E-state index contributed by atoms with van der Waals surface area (Å²) in [5.74, 6) is 1.65. The van der Waals surface area contributed by atoms with Gasteiger partial charge in [-0.25, -0.2) is 15.0 Å². The molecule has 0 N–H and O–H groups in total. The van der Waals surface area contributed by atoms with Gasteiger partial charge in [0, 0.05) is 60.4 Å². The smallest absolute Gasteiger partial charge is 0.167 e. The quantitative estimate of drug-likeness (QED) is 0.160.